The molecule has 0 radical (unpaired) electrons. The van der Waals surface area contributed by atoms with Gasteiger partial charge in [-0.2, -0.15) is 0 Å². The maximum atomic E-state index is 12.1. The number of rotatable bonds is 3. The Morgan fingerprint density at radius 3 is 2.59 bits per heavy atom. The SMILES string of the molecule is CC(CN)C(=O)N1CCCC(C)(C)C1C(=O)O. The second-order valence-electron chi connectivity index (χ2n) is 5.50. The Morgan fingerprint density at radius 1 is 1.53 bits per heavy atom. The van der Waals surface area contributed by atoms with E-state index in [4.69, 9.17) is 5.73 Å². The van der Waals surface area contributed by atoms with Crippen LogP contribution in [0.5, 0.6) is 0 Å². The highest BCUT2D eigenvalue weighted by atomic mass is 16.4. The third-order valence-corrected chi connectivity index (χ3v) is 3.56. The minimum absolute atomic E-state index is 0.146. The van der Waals surface area contributed by atoms with Crippen molar-refractivity contribution >= 4 is 11.9 Å². The fourth-order valence-electron chi connectivity index (χ4n) is 2.48. The fourth-order valence-corrected chi connectivity index (χ4v) is 2.48. The van der Waals surface area contributed by atoms with E-state index in [0.717, 1.165) is 12.8 Å². The molecule has 1 rings (SSSR count). The number of likely N-dealkylation sites (tertiary alicyclic amines) is 1. The van der Waals surface area contributed by atoms with E-state index < -0.39 is 12.0 Å². The van der Waals surface area contributed by atoms with E-state index in [2.05, 4.69) is 0 Å². The topological polar surface area (TPSA) is 83.6 Å². The molecule has 0 saturated carbocycles. The standard InChI is InChI=1S/C12H22N2O3/c1-8(7-13)10(15)14-6-4-5-12(2,3)9(14)11(16)17/h8-9H,4-7,13H2,1-3H3,(H,16,17). The third kappa shape index (κ3) is 2.77. The van der Waals surface area contributed by atoms with Crippen molar-refractivity contribution in [3.05, 3.63) is 0 Å². The van der Waals surface area contributed by atoms with Gasteiger partial charge in [0.05, 0.1) is 0 Å². The minimum Gasteiger partial charge on any atom is -0.480 e. The van der Waals surface area contributed by atoms with Gasteiger partial charge in [0.2, 0.25) is 5.91 Å². The molecule has 1 heterocycles. The molecule has 0 aromatic carbocycles. The molecule has 17 heavy (non-hydrogen) atoms. The van der Waals surface area contributed by atoms with E-state index in [1.54, 1.807) is 6.92 Å². The zero-order valence-corrected chi connectivity index (χ0v) is 10.8. The molecule has 5 heteroatoms. The van der Waals surface area contributed by atoms with Crippen molar-refractivity contribution in [2.24, 2.45) is 17.1 Å². The van der Waals surface area contributed by atoms with Crippen LogP contribution >= 0.6 is 0 Å². The second-order valence-corrected chi connectivity index (χ2v) is 5.50. The first kappa shape index (κ1) is 14.0. The van der Waals surface area contributed by atoms with Gasteiger partial charge >= 0.3 is 5.97 Å². The number of carbonyl (C=O) groups is 2. The predicted molar refractivity (Wildman–Crippen MR) is 64.4 cm³/mol. The maximum Gasteiger partial charge on any atom is 0.326 e. The van der Waals surface area contributed by atoms with E-state index in [0.29, 0.717) is 6.54 Å². The highest BCUT2D eigenvalue weighted by molar-refractivity contribution is 5.85. The molecule has 5 nitrogen and oxygen atoms in total. The van der Waals surface area contributed by atoms with E-state index in [1.165, 1.54) is 4.90 Å². The van der Waals surface area contributed by atoms with Crippen molar-refractivity contribution in [2.75, 3.05) is 13.1 Å². The smallest absolute Gasteiger partial charge is 0.326 e. The van der Waals surface area contributed by atoms with Gasteiger partial charge in [-0.3, -0.25) is 4.79 Å². The van der Waals surface area contributed by atoms with Gasteiger partial charge in [0.25, 0.3) is 0 Å². The summed E-state index contributed by atoms with van der Waals surface area (Å²) in [5, 5.41) is 9.32. The van der Waals surface area contributed by atoms with Gasteiger partial charge in [0, 0.05) is 19.0 Å². The summed E-state index contributed by atoms with van der Waals surface area (Å²) in [6, 6.07) is -0.738. The molecule has 0 aromatic rings. The number of carboxylic acids is 1. The largest absolute Gasteiger partial charge is 0.480 e. The molecule has 3 N–H and O–H groups in total. The van der Waals surface area contributed by atoms with Gasteiger partial charge < -0.3 is 15.7 Å². The molecule has 0 bridgehead atoms. The van der Waals surface area contributed by atoms with Crippen LogP contribution in [-0.2, 0) is 9.59 Å². The van der Waals surface area contributed by atoms with Crippen molar-refractivity contribution in [2.45, 2.75) is 39.7 Å². The Morgan fingerprint density at radius 2 is 2.12 bits per heavy atom. The summed E-state index contributed by atoms with van der Waals surface area (Å²) in [5.41, 5.74) is 5.09. The molecule has 2 unspecified atom stereocenters. The third-order valence-electron chi connectivity index (χ3n) is 3.56. The van der Waals surface area contributed by atoms with Crippen LogP contribution < -0.4 is 5.73 Å². The molecule has 1 saturated heterocycles. The summed E-state index contributed by atoms with van der Waals surface area (Å²) in [4.78, 5) is 25.0. The number of amides is 1. The van der Waals surface area contributed by atoms with Gasteiger partial charge in [-0.15, -0.1) is 0 Å². The zero-order valence-electron chi connectivity index (χ0n) is 10.8. The van der Waals surface area contributed by atoms with E-state index in [1.807, 2.05) is 13.8 Å². The molecule has 1 aliphatic rings. The molecule has 1 amide bonds. The Labute approximate surface area is 102 Å². The second kappa shape index (κ2) is 5.04. The number of carbonyl (C=O) groups excluding carboxylic acids is 1. The first-order chi connectivity index (χ1) is 7.81. The van der Waals surface area contributed by atoms with Gasteiger partial charge in [-0.25, -0.2) is 4.79 Å². The molecule has 1 fully saturated rings. The lowest BCUT2D eigenvalue weighted by Gasteiger charge is -2.44. The van der Waals surface area contributed by atoms with Crippen LogP contribution in [0, 0.1) is 11.3 Å². The van der Waals surface area contributed by atoms with Gasteiger partial charge in [-0.1, -0.05) is 20.8 Å². The summed E-state index contributed by atoms with van der Waals surface area (Å²) in [6.45, 7) is 6.31. The average molecular weight is 242 g/mol. The van der Waals surface area contributed by atoms with Crippen LogP contribution in [-0.4, -0.2) is 41.0 Å². The Balaban J connectivity index is 2.96. The Hall–Kier alpha value is -1.10. The van der Waals surface area contributed by atoms with Gasteiger partial charge in [0.15, 0.2) is 0 Å². The fraction of sp³-hybridized carbons (Fsp3) is 0.833. The van der Waals surface area contributed by atoms with Crippen LogP contribution in [0.15, 0.2) is 0 Å². The van der Waals surface area contributed by atoms with Crippen LogP contribution in [0.2, 0.25) is 0 Å². The van der Waals surface area contributed by atoms with Crippen molar-refractivity contribution in [3.8, 4) is 0 Å². The monoisotopic (exact) mass is 242 g/mol. The number of piperidine rings is 1. The molecular weight excluding hydrogens is 220 g/mol. The maximum absolute atomic E-state index is 12.1. The number of hydrogen-bond donors (Lipinski definition) is 2. The first-order valence-electron chi connectivity index (χ1n) is 6.04. The Bertz CT molecular complexity index is 315. The van der Waals surface area contributed by atoms with Crippen LogP contribution in [0.25, 0.3) is 0 Å². The molecule has 0 aromatic heterocycles. The van der Waals surface area contributed by atoms with Crippen LogP contribution in [0.4, 0.5) is 0 Å². The van der Waals surface area contributed by atoms with Crippen molar-refractivity contribution < 1.29 is 14.7 Å². The number of nitrogens with zero attached hydrogens (tertiary/aromatic N) is 1. The number of hydrogen-bond acceptors (Lipinski definition) is 3. The highest BCUT2D eigenvalue weighted by Crippen LogP contribution is 2.35. The Kier molecular flexibility index (Phi) is 4.14. The van der Waals surface area contributed by atoms with E-state index in [9.17, 15) is 14.7 Å². The zero-order chi connectivity index (χ0) is 13.2. The lowest BCUT2D eigenvalue weighted by molar-refractivity contribution is -0.160. The summed E-state index contributed by atoms with van der Waals surface area (Å²) in [5.74, 6) is -1.38. The molecule has 1 aliphatic heterocycles. The van der Waals surface area contributed by atoms with Crippen LogP contribution in [0.1, 0.15) is 33.6 Å². The van der Waals surface area contributed by atoms with E-state index in [-0.39, 0.29) is 23.8 Å². The first-order valence-corrected chi connectivity index (χ1v) is 6.04. The minimum atomic E-state index is -0.924. The molecular formula is C12H22N2O3. The summed E-state index contributed by atoms with van der Waals surface area (Å²) in [6.07, 6.45) is 1.67. The molecule has 98 valence electrons. The summed E-state index contributed by atoms with van der Waals surface area (Å²) in [7, 11) is 0. The summed E-state index contributed by atoms with van der Waals surface area (Å²) < 4.78 is 0. The van der Waals surface area contributed by atoms with Gasteiger partial charge in [-0.05, 0) is 18.3 Å². The van der Waals surface area contributed by atoms with Gasteiger partial charge in [0.1, 0.15) is 6.04 Å². The number of aliphatic carboxylic acids is 1. The predicted octanol–water partition coefficient (Wildman–Crippen LogP) is 0.683. The lowest BCUT2D eigenvalue weighted by Crippen LogP contribution is -2.57. The molecule has 2 atom stereocenters. The normalized spacial score (nSPS) is 25.4. The van der Waals surface area contributed by atoms with E-state index >= 15 is 0 Å². The molecule has 0 aliphatic carbocycles. The highest BCUT2D eigenvalue weighted by Gasteiger charge is 2.44. The number of nitrogens with two attached hydrogens (primary N) is 1. The lowest BCUT2D eigenvalue weighted by atomic mass is 9.76. The van der Waals surface area contributed by atoms with Crippen molar-refractivity contribution in [3.63, 3.8) is 0 Å². The van der Waals surface area contributed by atoms with Crippen LogP contribution in [0.3, 0.4) is 0 Å². The van der Waals surface area contributed by atoms with Crippen molar-refractivity contribution in [1.82, 2.24) is 4.90 Å². The number of carboxylic acid groups (broad SMARTS) is 1. The average Bonchev–Trinajstić information content (AvgIpc) is 2.24. The quantitative estimate of drug-likeness (QED) is 0.762. The molecule has 0 spiro atoms. The summed E-state index contributed by atoms with van der Waals surface area (Å²) >= 11 is 0. The van der Waals surface area contributed by atoms with Crippen molar-refractivity contribution in [1.29, 1.82) is 0 Å².